The first-order valence-electron chi connectivity index (χ1n) is 11.4. The Morgan fingerprint density at radius 2 is 2.06 bits per heavy atom. The lowest BCUT2D eigenvalue weighted by Gasteiger charge is -2.42. The van der Waals surface area contributed by atoms with E-state index in [1.165, 1.54) is 5.56 Å². The first-order valence-corrected chi connectivity index (χ1v) is 11.4. The number of fused-ring (bicyclic) bond motifs is 6. The summed E-state index contributed by atoms with van der Waals surface area (Å²) in [5, 5.41) is 3.15. The van der Waals surface area contributed by atoms with E-state index in [4.69, 9.17) is 14.2 Å². The molecule has 1 spiro atoms. The lowest BCUT2D eigenvalue weighted by Crippen LogP contribution is -2.65. The third-order valence-electron chi connectivity index (χ3n) is 7.37. The quantitative estimate of drug-likeness (QED) is 0.676. The third kappa shape index (κ3) is 3.91. The third-order valence-corrected chi connectivity index (χ3v) is 7.37. The van der Waals surface area contributed by atoms with E-state index in [2.05, 4.69) is 10.3 Å². The fourth-order valence-corrected chi connectivity index (χ4v) is 5.95. The summed E-state index contributed by atoms with van der Waals surface area (Å²) < 4.78 is 18.1. The molecule has 168 valence electrons. The van der Waals surface area contributed by atoms with E-state index < -0.39 is 5.54 Å². The van der Waals surface area contributed by atoms with Crippen molar-refractivity contribution in [2.45, 2.75) is 75.1 Å². The number of aromatic nitrogens is 1. The van der Waals surface area contributed by atoms with Gasteiger partial charge in [0.25, 0.3) is 0 Å². The monoisotopic (exact) mass is 429 g/mol. The number of carbonyl (C=O) groups is 2. The van der Waals surface area contributed by atoms with Crippen LogP contribution in [0.25, 0.3) is 0 Å². The Bertz CT molecular complexity index is 840. The van der Waals surface area contributed by atoms with E-state index in [-0.39, 0.29) is 43.0 Å². The Hall–Kier alpha value is -2.19. The van der Waals surface area contributed by atoms with Gasteiger partial charge in [-0.3, -0.25) is 14.6 Å². The summed E-state index contributed by atoms with van der Waals surface area (Å²) in [5.74, 6) is 1.11. The number of nitrogens with zero attached hydrogens (tertiary/aromatic N) is 2. The maximum atomic E-state index is 13.3. The van der Waals surface area contributed by atoms with Crippen LogP contribution in [0, 0.1) is 0 Å². The standard InChI is InChI=1S/C23H31N3O5/c1-15-10-23(14-29-13-21(27)25-23)20-12-31-17-4-2-16(3-5-17)18-6-8-24-11-19(18)30-9-7-22(28)26(15)20/h6,8,11,15-17,20H,2-5,7,9-10,12-14H2,1H3,(H,25,27)/t15-,16?,17?,20-,23+/m1/s1. The maximum absolute atomic E-state index is 13.3. The Labute approximate surface area is 182 Å². The molecule has 3 fully saturated rings. The highest BCUT2D eigenvalue weighted by Crippen LogP contribution is 2.40. The minimum Gasteiger partial charge on any atom is -0.491 e. The highest BCUT2D eigenvalue weighted by atomic mass is 16.5. The van der Waals surface area contributed by atoms with Crippen LogP contribution in [-0.2, 0) is 19.1 Å². The molecule has 1 aromatic rings. The summed E-state index contributed by atoms with van der Waals surface area (Å²) in [6.07, 6.45) is 8.70. The van der Waals surface area contributed by atoms with Crippen molar-refractivity contribution in [3.63, 3.8) is 0 Å². The molecule has 8 nitrogen and oxygen atoms in total. The average molecular weight is 430 g/mol. The van der Waals surface area contributed by atoms with Gasteiger partial charge in [-0.2, -0.15) is 0 Å². The summed E-state index contributed by atoms with van der Waals surface area (Å²) >= 11 is 0. The van der Waals surface area contributed by atoms with Crippen LogP contribution in [0.3, 0.4) is 0 Å². The smallest absolute Gasteiger partial charge is 0.246 e. The van der Waals surface area contributed by atoms with Crippen molar-refractivity contribution in [2.75, 3.05) is 26.4 Å². The normalized spacial score (nSPS) is 36.4. The van der Waals surface area contributed by atoms with E-state index in [0.717, 1.165) is 31.4 Å². The number of hydrogen-bond acceptors (Lipinski definition) is 6. The maximum Gasteiger partial charge on any atom is 0.246 e. The number of pyridine rings is 1. The van der Waals surface area contributed by atoms with Gasteiger partial charge in [0, 0.05) is 17.8 Å². The topological polar surface area (TPSA) is 90.0 Å². The van der Waals surface area contributed by atoms with E-state index in [1.807, 2.05) is 24.1 Å². The zero-order valence-electron chi connectivity index (χ0n) is 18.0. The van der Waals surface area contributed by atoms with E-state index >= 15 is 0 Å². The number of amides is 2. The molecule has 2 bridgehead atoms. The van der Waals surface area contributed by atoms with Gasteiger partial charge in [0.2, 0.25) is 11.8 Å². The zero-order valence-corrected chi connectivity index (χ0v) is 18.0. The fourth-order valence-electron chi connectivity index (χ4n) is 5.95. The summed E-state index contributed by atoms with van der Waals surface area (Å²) in [5.41, 5.74) is 0.599. The highest BCUT2D eigenvalue weighted by molar-refractivity contribution is 5.81. The Balaban J connectivity index is 1.43. The van der Waals surface area contributed by atoms with Crippen molar-refractivity contribution in [2.24, 2.45) is 0 Å². The van der Waals surface area contributed by atoms with Gasteiger partial charge in [0.1, 0.15) is 12.4 Å². The number of carbonyl (C=O) groups excluding carboxylic acids is 2. The molecule has 4 aliphatic heterocycles. The minimum atomic E-state index is -0.587. The molecule has 2 amide bonds. The molecule has 8 heteroatoms. The van der Waals surface area contributed by atoms with Crippen LogP contribution in [-0.4, -0.2) is 71.9 Å². The average Bonchev–Trinajstić information content (AvgIpc) is 3.02. The molecule has 1 aliphatic carbocycles. The molecular formula is C23H31N3O5. The van der Waals surface area contributed by atoms with Gasteiger partial charge in [-0.05, 0) is 51.0 Å². The van der Waals surface area contributed by atoms with Gasteiger partial charge in [-0.1, -0.05) is 0 Å². The lowest BCUT2D eigenvalue weighted by atomic mass is 9.82. The van der Waals surface area contributed by atoms with Crippen LogP contribution in [0.5, 0.6) is 5.75 Å². The molecular weight excluding hydrogens is 398 g/mol. The zero-order chi connectivity index (χ0) is 21.4. The Morgan fingerprint density at radius 1 is 1.23 bits per heavy atom. The Morgan fingerprint density at radius 3 is 2.87 bits per heavy atom. The van der Waals surface area contributed by atoms with Gasteiger partial charge in [-0.15, -0.1) is 0 Å². The first-order chi connectivity index (χ1) is 15.1. The Kier molecular flexibility index (Phi) is 5.60. The number of morpholine rings is 1. The number of nitrogens with one attached hydrogen (secondary N) is 1. The predicted molar refractivity (Wildman–Crippen MR) is 112 cm³/mol. The summed E-state index contributed by atoms with van der Waals surface area (Å²) in [7, 11) is 0. The number of rotatable bonds is 0. The number of hydrogen-bond donors (Lipinski definition) is 1. The lowest BCUT2D eigenvalue weighted by molar-refractivity contribution is -0.144. The van der Waals surface area contributed by atoms with E-state index in [0.29, 0.717) is 32.2 Å². The molecule has 0 unspecified atom stereocenters. The van der Waals surface area contributed by atoms with Gasteiger partial charge in [-0.25, -0.2) is 0 Å². The number of ether oxygens (including phenoxy) is 3. The molecule has 1 aromatic heterocycles. The summed E-state index contributed by atoms with van der Waals surface area (Å²) in [6, 6.07) is 1.79. The second-order valence-corrected chi connectivity index (χ2v) is 9.39. The van der Waals surface area contributed by atoms with Crippen LogP contribution in [0.15, 0.2) is 18.5 Å². The highest BCUT2D eigenvalue weighted by Gasteiger charge is 2.55. The van der Waals surface area contributed by atoms with Gasteiger partial charge in [0.05, 0.1) is 50.1 Å². The molecule has 0 aromatic carbocycles. The van der Waals surface area contributed by atoms with Crippen molar-refractivity contribution in [3.05, 3.63) is 24.0 Å². The molecule has 5 heterocycles. The van der Waals surface area contributed by atoms with Crippen LogP contribution in [0.4, 0.5) is 0 Å². The molecule has 1 saturated carbocycles. The van der Waals surface area contributed by atoms with Gasteiger partial charge < -0.3 is 24.4 Å². The molecule has 5 aliphatic rings. The van der Waals surface area contributed by atoms with Crippen molar-refractivity contribution >= 4 is 11.8 Å². The first kappa shape index (κ1) is 20.7. The summed E-state index contributed by atoms with van der Waals surface area (Å²) in [4.78, 5) is 31.6. The fraction of sp³-hybridized carbons (Fsp3) is 0.696. The van der Waals surface area contributed by atoms with Crippen molar-refractivity contribution in [1.82, 2.24) is 15.2 Å². The molecule has 0 radical (unpaired) electrons. The van der Waals surface area contributed by atoms with Crippen LogP contribution in [0.2, 0.25) is 0 Å². The van der Waals surface area contributed by atoms with Crippen molar-refractivity contribution < 1.29 is 23.8 Å². The minimum absolute atomic E-state index is 0.0132. The largest absolute Gasteiger partial charge is 0.491 e. The van der Waals surface area contributed by atoms with Crippen molar-refractivity contribution in [3.8, 4) is 5.75 Å². The molecule has 1 N–H and O–H groups in total. The van der Waals surface area contributed by atoms with Gasteiger partial charge >= 0.3 is 0 Å². The second kappa shape index (κ2) is 8.39. The van der Waals surface area contributed by atoms with Crippen LogP contribution < -0.4 is 10.1 Å². The van der Waals surface area contributed by atoms with Gasteiger partial charge in [0.15, 0.2) is 0 Å². The molecule has 2 saturated heterocycles. The molecule has 31 heavy (non-hydrogen) atoms. The van der Waals surface area contributed by atoms with Crippen LogP contribution in [0.1, 0.15) is 56.9 Å². The van der Waals surface area contributed by atoms with E-state index in [9.17, 15) is 9.59 Å². The van der Waals surface area contributed by atoms with Crippen LogP contribution >= 0.6 is 0 Å². The molecule has 6 rings (SSSR count). The summed E-state index contributed by atoms with van der Waals surface area (Å²) in [6.45, 7) is 3.23. The SMILES string of the molecule is C[C@@H]1C[C@]2(COCC(=O)N2)[C@H]2COC3CCC(CC3)c3ccncc3OCCC(=O)N12. The van der Waals surface area contributed by atoms with E-state index in [1.54, 1.807) is 6.20 Å². The second-order valence-electron chi connectivity index (χ2n) is 9.39. The van der Waals surface area contributed by atoms with Crippen molar-refractivity contribution in [1.29, 1.82) is 0 Å². The molecule has 3 atom stereocenters. The predicted octanol–water partition coefficient (Wildman–Crippen LogP) is 1.78.